The van der Waals surface area contributed by atoms with Gasteiger partial charge in [0.1, 0.15) is 5.75 Å². The van der Waals surface area contributed by atoms with Crippen molar-refractivity contribution in [2.75, 3.05) is 6.61 Å². The van der Waals surface area contributed by atoms with Crippen molar-refractivity contribution < 1.29 is 4.74 Å². The van der Waals surface area contributed by atoms with E-state index in [4.69, 9.17) is 4.74 Å². The van der Waals surface area contributed by atoms with Crippen LogP contribution in [-0.2, 0) is 13.0 Å². The lowest BCUT2D eigenvalue weighted by atomic mass is 9.95. The fourth-order valence-corrected chi connectivity index (χ4v) is 3.20. The monoisotopic (exact) mass is 309 g/mol. The predicted octanol–water partition coefficient (Wildman–Crippen LogP) is 4.73. The van der Waals surface area contributed by atoms with E-state index in [9.17, 15) is 0 Å². The molecule has 23 heavy (non-hydrogen) atoms. The van der Waals surface area contributed by atoms with E-state index in [-0.39, 0.29) is 0 Å². The molecule has 0 saturated heterocycles. The first-order chi connectivity index (χ1) is 11.4. The molecule has 1 fully saturated rings. The summed E-state index contributed by atoms with van der Waals surface area (Å²) in [5.41, 5.74) is 2.66. The van der Waals surface area contributed by atoms with Gasteiger partial charge < -0.3 is 10.1 Å². The highest BCUT2D eigenvalue weighted by atomic mass is 16.5. The van der Waals surface area contributed by atoms with E-state index in [2.05, 4.69) is 53.8 Å². The average Bonchev–Trinajstić information content (AvgIpc) is 2.63. The minimum atomic E-state index is 0.713. The highest BCUT2D eigenvalue weighted by Gasteiger charge is 2.12. The topological polar surface area (TPSA) is 21.3 Å². The van der Waals surface area contributed by atoms with Gasteiger partial charge in [-0.1, -0.05) is 61.7 Å². The van der Waals surface area contributed by atoms with Gasteiger partial charge in [-0.15, -0.1) is 0 Å². The maximum atomic E-state index is 5.84. The summed E-state index contributed by atoms with van der Waals surface area (Å²) >= 11 is 0. The summed E-state index contributed by atoms with van der Waals surface area (Å²) in [5.74, 6) is 0.961. The second-order valence-electron chi connectivity index (χ2n) is 6.44. The zero-order valence-electron chi connectivity index (χ0n) is 13.8. The third-order valence-corrected chi connectivity index (χ3v) is 4.63. The maximum absolute atomic E-state index is 5.84. The Kier molecular flexibility index (Phi) is 6.10. The van der Waals surface area contributed by atoms with Crippen molar-refractivity contribution in [3.63, 3.8) is 0 Å². The molecule has 0 heterocycles. The highest BCUT2D eigenvalue weighted by molar-refractivity contribution is 5.27. The SMILES string of the molecule is c1ccc(CCOc2ccc(CNC3CCCCC3)cc2)cc1. The summed E-state index contributed by atoms with van der Waals surface area (Å²) in [6, 6.07) is 19.7. The maximum Gasteiger partial charge on any atom is 0.119 e. The minimum Gasteiger partial charge on any atom is -0.493 e. The van der Waals surface area contributed by atoms with E-state index >= 15 is 0 Å². The second-order valence-corrected chi connectivity index (χ2v) is 6.44. The van der Waals surface area contributed by atoms with Crippen LogP contribution in [0.4, 0.5) is 0 Å². The molecule has 122 valence electrons. The first-order valence-electron chi connectivity index (χ1n) is 8.89. The van der Waals surface area contributed by atoms with Crippen LogP contribution in [0.25, 0.3) is 0 Å². The van der Waals surface area contributed by atoms with E-state index < -0.39 is 0 Å². The van der Waals surface area contributed by atoms with Crippen LogP contribution in [0.15, 0.2) is 54.6 Å². The lowest BCUT2D eigenvalue weighted by Gasteiger charge is -2.22. The zero-order chi connectivity index (χ0) is 15.7. The number of nitrogens with one attached hydrogen (secondary N) is 1. The minimum absolute atomic E-state index is 0.713. The van der Waals surface area contributed by atoms with Gasteiger partial charge in [-0.3, -0.25) is 0 Å². The third-order valence-electron chi connectivity index (χ3n) is 4.63. The molecule has 3 rings (SSSR count). The quantitative estimate of drug-likeness (QED) is 0.798. The van der Waals surface area contributed by atoms with Crippen molar-refractivity contribution in [1.82, 2.24) is 5.32 Å². The molecule has 0 radical (unpaired) electrons. The van der Waals surface area contributed by atoms with Crippen LogP contribution in [0.2, 0.25) is 0 Å². The van der Waals surface area contributed by atoms with Crippen molar-refractivity contribution in [3.8, 4) is 5.75 Å². The van der Waals surface area contributed by atoms with Gasteiger partial charge in [0.05, 0.1) is 6.61 Å². The van der Waals surface area contributed by atoms with Crippen molar-refractivity contribution >= 4 is 0 Å². The Balaban J connectivity index is 1.40. The van der Waals surface area contributed by atoms with Gasteiger partial charge >= 0.3 is 0 Å². The molecular weight excluding hydrogens is 282 g/mol. The van der Waals surface area contributed by atoms with Crippen LogP contribution in [0.1, 0.15) is 43.2 Å². The molecule has 2 aromatic rings. The van der Waals surface area contributed by atoms with Crippen molar-refractivity contribution in [1.29, 1.82) is 0 Å². The van der Waals surface area contributed by atoms with E-state index in [0.29, 0.717) is 6.04 Å². The summed E-state index contributed by atoms with van der Waals surface area (Å²) < 4.78 is 5.84. The highest BCUT2D eigenvalue weighted by Crippen LogP contribution is 2.18. The molecular formula is C21H27NO. The van der Waals surface area contributed by atoms with E-state index in [1.54, 1.807) is 0 Å². The second kappa shape index (κ2) is 8.73. The summed E-state index contributed by atoms with van der Waals surface area (Å²) in [4.78, 5) is 0. The van der Waals surface area contributed by atoms with Crippen LogP contribution < -0.4 is 10.1 Å². The Hall–Kier alpha value is -1.80. The summed E-state index contributed by atoms with van der Waals surface area (Å²) in [6.45, 7) is 1.69. The van der Waals surface area contributed by atoms with E-state index in [0.717, 1.165) is 25.3 Å². The first-order valence-corrected chi connectivity index (χ1v) is 8.89. The first kappa shape index (κ1) is 16.1. The third kappa shape index (κ3) is 5.40. The smallest absolute Gasteiger partial charge is 0.119 e. The molecule has 1 N–H and O–H groups in total. The van der Waals surface area contributed by atoms with Gasteiger partial charge in [0.15, 0.2) is 0 Å². The van der Waals surface area contributed by atoms with Gasteiger partial charge in [-0.25, -0.2) is 0 Å². The summed E-state index contributed by atoms with van der Waals surface area (Å²) in [6.07, 6.45) is 7.79. The lowest BCUT2D eigenvalue weighted by molar-refractivity contribution is 0.321. The van der Waals surface area contributed by atoms with Gasteiger partial charge in [0.25, 0.3) is 0 Å². The number of ether oxygens (including phenoxy) is 1. The molecule has 2 aromatic carbocycles. The Bertz CT molecular complexity index is 558. The average molecular weight is 309 g/mol. The largest absolute Gasteiger partial charge is 0.493 e. The number of hydrogen-bond acceptors (Lipinski definition) is 2. The van der Waals surface area contributed by atoms with Crippen LogP contribution in [0.3, 0.4) is 0 Å². The van der Waals surface area contributed by atoms with Gasteiger partial charge in [0, 0.05) is 19.0 Å². The number of benzene rings is 2. The number of hydrogen-bond donors (Lipinski definition) is 1. The fraction of sp³-hybridized carbons (Fsp3) is 0.429. The Morgan fingerprint density at radius 2 is 1.57 bits per heavy atom. The van der Waals surface area contributed by atoms with Crippen molar-refractivity contribution in [2.24, 2.45) is 0 Å². The molecule has 0 atom stereocenters. The molecule has 0 aliphatic heterocycles. The Morgan fingerprint density at radius 1 is 0.826 bits per heavy atom. The van der Waals surface area contributed by atoms with Gasteiger partial charge in [0.2, 0.25) is 0 Å². The van der Waals surface area contributed by atoms with Gasteiger partial charge in [-0.05, 0) is 36.1 Å². The standard InChI is InChI=1S/C21H27NO/c1-3-7-18(8-4-1)15-16-23-21-13-11-19(12-14-21)17-22-20-9-5-2-6-10-20/h1,3-4,7-8,11-14,20,22H,2,5-6,9-10,15-17H2. The van der Waals surface area contributed by atoms with Crippen molar-refractivity contribution in [2.45, 2.75) is 51.1 Å². The summed E-state index contributed by atoms with van der Waals surface area (Å²) in [5, 5.41) is 3.68. The van der Waals surface area contributed by atoms with E-state index in [1.165, 1.54) is 43.2 Å². The fourth-order valence-electron chi connectivity index (χ4n) is 3.20. The van der Waals surface area contributed by atoms with Crippen LogP contribution in [0, 0.1) is 0 Å². The normalized spacial score (nSPS) is 15.5. The molecule has 0 aromatic heterocycles. The van der Waals surface area contributed by atoms with Crippen molar-refractivity contribution in [3.05, 3.63) is 65.7 Å². The molecule has 0 amide bonds. The number of rotatable bonds is 7. The van der Waals surface area contributed by atoms with Crippen LogP contribution in [0.5, 0.6) is 5.75 Å². The molecule has 2 nitrogen and oxygen atoms in total. The molecule has 0 bridgehead atoms. The van der Waals surface area contributed by atoms with Gasteiger partial charge in [-0.2, -0.15) is 0 Å². The predicted molar refractivity (Wildman–Crippen MR) is 95.8 cm³/mol. The Morgan fingerprint density at radius 3 is 2.30 bits per heavy atom. The molecule has 1 aliphatic carbocycles. The zero-order valence-corrected chi connectivity index (χ0v) is 13.8. The Labute approximate surface area is 139 Å². The lowest BCUT2D eigenvalue weighted by Crippen LogP contribution is -2.30. The van der Waals surface area contributed by atoms with Crippen LogP contribution >= 0.6 is 0 Å². The molecule has 2 heteroatoms. The molecule has 0 spiro atoms. The molecule has 1 aliphatic rings. The van der Waals surface area contributed by atoms with E-state index in [1.807, 2.05) is 6.07 Å². The molecule has 0 unspecified atom stereocenters. The van der Waals surface area contributed by atoms with Crippen LogP contribution in [-0.4, -0.2) is 12.6 Å². The summed E-state index contributed by atoms with van der Waals surface area (Å²) in [7, 11) is 0. The molecule has 1 saturated carbocycles.